The van der Waals surface area contributed by atoms with Crippen LogP contribution in [0.4, 0.5) is 9.52 Å². The van der Waals surface area contributed by atoms with Crippen molar-refractivity contribution in [1.29, 1.82) is 0 Å². The average Bonchev–Trinajstić information content (AvgIpc) is 2.75. The van der Waals surface area contributed by atoms with Crippen molar-refractivity contribution in [2.45, 2.75) is 26.8 Å². The maximum Gasteiger partial charge on any atom is 0.185 e. The first kappa shape index (κ1) is 13.4. The Morgan fingerprint density at radius 3 is 2.81 bits per heavy atom. The van der Waals surface area contributed by atoms with Crippen LogP contribution in [0.3, 0.4) is 0 Å². The molecule has 1 N–H and O–H groups in total. The molecule has 0 atom stereocenters. The number of rotatable bonds is 8. The molecule has 16 heavy (non-hydrogen) atoms. The highest BCUT2D eigenvalue weighted by molar-refractivity contribution is 7.15. The lowest BCUT2D eigenvalue weighted by Crippen LogP contribution is -2.21. The van der Waals surface area contributed by atoms with E-state index in [4.69, 9.17) is 0 Å². The molecular weight excluding hydrogens is 225 g/mol. The second-order valence-corrected chi connectivity index (χ2v) is 4.59. The summed E-state index contributed by atoms with van der Waals surface area (Å²) in [4.78, 5) is 7.83. The summed E-state index contributed by atoms with van der Waals surface area (Å²) in [5, 5.41) is 4.28. The van der Waals surface area contributed by atoms with Crippen molar-refractivity contribution in [3.8, 4) is 0 Å². The molecule has 0 spiro atoms. The summed E-state index contributed by atoms with van der Waals surface area (Å²) < 4.78 is 11.9. The third-order valence-corrected chi connectivity index (χ3v) is 3.42. The van der Waals surface area contributed by atoms with Gasteiger partial charge >= 0.3 is 0 Å². The summed E-state index contributed by atoms with van der Waals surface area (Å²) in [5.41, 5.74) is 0. The Bertz CT molecular complexity index is 287. The van der Waals surface area contributed by atoms with Gasteiger partial charge in [0.1, 0.15) is 0 Å². The molecule has 0 aliphatic carbocycles. The van der Waals surface area contributed by atoms with Gasteiger partial charge in [0.2, 0.25) is 0 Å². The normalized spacial score (nSPS) is 10.7. The summed E-state index contributed by atoms with van der Waals surface area (Å²) in [6.07, 6.45) is 2.49. The standard InChI is InChI=1S/C11H20FN3S/c1-3-15(4-2)11-14-9-10(16-11)8-13-7-5-6-12/h9,13H,3-8H2,1-2H3. The number of aromatic nitrogens is 1. The van der Waals surface area contributed by atoms with Crippen molar-refractivity contribution in [3.05, 3.63) is 11.1 Å². The number of thiazole rings is 1. The van der Waals surface area contributed by atoms with Crippen LogP contribution in [-0.2, 0) is 6.54 Å². The lowest BCUT2D eigenvalue weighted by Gasteiger charge is -2.16. The summed E-state index contributed by atoms with van der Waals surface area (Å²) in [7, 11) is 0. The smallest absolute Gasteiger partial charge is 0.185 e. The Kier molecular flexibility index (Phi) is 6.33. The molecule has 92 valence electrons. The first-order chi connectivity index (χ1) is 7.81. The minimum Gasteiger partial charge on any atom is -0.349 e. The zero-order chi connectivity index (χ0) is 11.8. The van der Waals surface area contributed by atoms with Crippen LogP contribution in [0.5, 0.6) is 0 Å². The topological polar surface area (TPSA) is 28.2 Å². The predicted octanol–water partition coefficient (Wildman–Crippen LogP) is 2.44. The van der Waals surface area contributed by atoms with E-state index < -0.39 is 0 Å². The maximum atomic E-state index is 11.9. The van der Waals surface area contributed by atoms with Crippen molar-refractivity contribution in [1.82, 2.24) is 10.3 Å². The quantitative estimate of drug-likeness (QED) is 0.713. The first-order valence-electron chi connectivity index (χ1n) is 5.78. The van der Waals surface area contributed by atoms with Crippen LogP contribution < -0.4 is 10.2 Å². The van der Waals surface area contributed by atoms with E-state index >= 15 is 0 Å². The minimum absolute atomic E-state index is 0.250. The largest absolute Gasteiger partial charge is 0.349 e. The SMILES string of the molecule is CCN(CC)c1ncc(CNCCCF)s1. The van der Waals surface area contributed by atoms with Crippen molar-refractivity contribution in [2.24, 2.45) is 0 Å². The van der Waals surface area contributed by atoms with Crippen LogP contribution in [0.2, 0.25) is 0 Å². The summed E-state index contributed by atoms with van der Waals surface area (Å²) in [6, 6.07) is 0. The van der Waals surface area contributed by atoms with Crippen LogP contribution >= 0.6 is 11.3 Å². The predicted molar refractivity (Wildman–Crippen MR) is 68.0 cm³/mol. The average molecular weight is 245 g/mol. The van der Waals surface area contributed by atoms with Crippen molar-refractivity contribution in [2.75, 3.05) is 31.2 Å². The molecule has 1 rings (SSSR count). The van der Waals surface area contributed by atoms with E-state index in [0.29, 0.717) is 6.42 Å². The molecule has 0 radical (unpaired) electrons. The van der Waals surface area contributed by atoms with E-state index in [9.17, 15) is 4.39 Å². The number of nitrogens with zero attached hydrogens (tertiary/aromatic N) is 2. The van der Waals surface area contributed by atoms with Gasteiger partial charge in [0.15, 0.2) is 5.13 Å². The molecule has 1 heterocycles. The zero-order valence-corrected chi connectivity index (χ0v) is 10.8. The van der Waals surface area contributed by atoms with Crippen LogP contribution in [-0.4, -0.2) is 31.3 Å². The molecule has 0 unspecified atom stereocenters. The van der Waals surface area contributed by atoms with Crippen LogP contribution in [0, 0.1) is 0 Å². The third-order valence-electron chi connectivity index (χ3n) is 2.36. The van der Waals surface area contributed by atoms with E-state index in [-0.39, 0.29) is 6.67 Å². The van der Waals surface area contributed by atoms with Crippen molar-refractivity contribution < 1.29 is 4.39 Å². The lowest BCUT2D eigenvalue weighted by molar-refractivity contribution is 0.459. The number of alkyl halides is 1. The number of halogens is 1. The van der Waals surface area contributed by atoms with Crippen LogP contribution in [0.25, 0.3) is 0 Å². The minimum atomic E-state index is -0.250. The van der Waals surface area contributed by atoms with Gasteiger partial charge in [-0.05, 0) is 26.8 Å². The van der Waals surface area contributed by atoms with Gasteiger partial charge < -0.3 is 10.2 Å². The molecule has 0 saturated heterocycles. The third kappa shape index (κ3) is 4.06. The molecule has 0 aliphatic rings. The molecular formula is C11H20FN3S. The Morgan fingerprint density at radius 1 is 1.44 bits per heavy atom. The van der Waals surface area contributed by atoms with Gasteiger partial charge in [-0.15, -0.1) is 11.3 Å². The van der Waals surface area contributed by atoms with Gasteiger partial charge in [-0.3, -0.25) is 4.39 Å². The molecule has 0 bridgehead atoms. The van der Waals surface area contributed by atoms with Gasteiger partial charge in [-0.2, -0.15) is 0 Å². The fraction of sp³-hybridized carbons (Fsp3) is 0.727. The Labute approximate surface area is 101 Å². The zero-order valence-electron chi connectivity index (χ0n) is 10.0. The highest BCUT2D eigenvalue weighted by Gasteiger charge is 2.06. The monoisotopic (exact) mass is 245 g/mol. The van der Waals surface area contributed by atoms with Crippen LogP contribution in [0.1, 0.15) is 25.1 Å². The molecule has 0 aliphatic heterocycles. The lowest BCUT2D eigenvalue weighted by atomic mass is 10.4. The van der Waals surface area contributed by atoms with E-state index in [2.05, 4.69) is 29.0 Å². The summed E-state index contributed by atoms with van der Waals surface area (Å²) >= 11 is 1.71. The second-order valence-electron chi connectivity index (χ2n) is 3.50. The number of hydrogen-bond donors (Lipinski definition) is 1. The Hall–Kier alpha value is -0.680. The maximum absolute atomic E-state index is 11.9. The number of nitrogens with one attached hydrogen (secondary N) is 1. The Morgan fingerprint density at radius 2 is 2.19 bits per heavy atom. The molecule has 0 aromatic carbocycles. The number of anilines is 1. The van der Waals surface area contributed by atoms with Gasteiger partial charge in [0.25, 0.3) is 0 Å². The van der Waals surface area contributed by atoms with E-state index in [0.717, 1.165) is 31.3 Å². The van der Waals surface area contributed by atoms with E-state index in [1.807, 2.05) is 6.20 Å². The second kappa shape index (κ2) is 7.57. The summed E-state index contributed by atoms with van der Waals surface area (Å²) in [6.45, 7) is 7.50. The fourth-order valence-corrected chi connectivity index (χ4v) is 2.43. The molecule has 5 heteroatoms. The molecule has 1 aromatic heterocycles. The fourth-order valence-electron chi connectivity index (χ4n) is 1.42. The van der Waals surface area contributed by atoms with Crippen molar-refractivity contribution >= 4 is 16.5 Å². The molecule has 0 amide bonds. The number of hydrogen-bond acceptors (Lipinski definition) is 4. The van der Waals surface area contributed by atoms with Gasteiger partial charge in [0, 0.05) is 30.7 Å². The molecule has 1 aromatic rings. The van der Waals surface area contributed by atoms with Gasteiger partial charge in [0.05, 0.1) is 6.67 Å². The van der Waals surface area contributed by atoms with Gasteiger partial charge in [-0.1, -0.05) is 0 Å². The summed E-state index contributed by atoms with van der Waals surface area (Å²) in [5.74, 6) is 0. The van der Waals surface area contributed by atoms with Crippen molar-refractivity contribution in [3.63, 3.8) is 0 Å². The van der Waals surface area contributed by atoms with Crippen LogP contribution in [0.15, 0.2) is 6.20 Å². The Balaban J connectivity index is 2.38. The molecule has 0 fully saturated rings. The molecule has 0 saturated carbocycles. The van der Waals surface area contributed by atoms with E-state index in [1.165, 1.54) is 4.88 Å². The highest BCUT2D eigenvalue weighted by Crippen LogP contribution is 2.21. The van der Waals surface area contributed by atoms with Gasteiger partial charge in [-0.25, -0.2) is 4.98 Å². The molecule has 3 nitrogen and oxygen atoms in total. The first-order valence-corrected chi connectivity index (χ1v) is 6.59. The highest BCUT2D eigenvalue weighted by atomic mass is 32.1. The van der Waals surface area contributed by atoms with E-state index in [1.54, 1.807) is 11.3 Å².